The van der Waals surface area contributed by atoms with E-state index in [2.05, 4.69) is 43.8 Å². The van der Waals surface area contributed by atoms with Crippen molar-refractivity contribution in [3.63, 3.8) is 0 Å². The Morgan fingerprint density at radius 1 is 1.04 bits per heavy atom. The van der Waals surface area contributed by atoms with E-state index in [1.807, 2.05) is 31.2 Å². The first-order valence-electron chi connectivity index (χ1n) is 7.37. The number of benzene rings is 1. The molecule has 0 radical (unpaired) electrons. The molecular weight excluding hydrogens is 288 g/mol. The van der Waals surface area contributed by atoms with Gasteiger partial charge in [0.2, 0.25) is 5.95 Å². The molecule has 23 heavy (non-hydrogen) atoms. The highest BCUT2D eigenvalue weighted by molar-refractivity contribution is 5.59. The summed E-state index contributed by atoms with van der Waals surface area (Å²) in [4.78, 5) is 8.44. The first-order valence-corrected chi connectivity index (χ1v) is 7.37. The molecule has 0 unspecified atom stereocenters. The monoisotopic (exact) mass is 306 g/mol. The predicted octanol–water partition coefficient (Wildman–Crippen LogP) is 3.24. The Morgan fingerprint density at radius 2 is 1.87 bits per heavy atom. The van der Waals surface area contributed by atoms with Crippen molar-refractivity contribution in [2.45, 2.75) is 20.4 Å². The first-order chi connectivity index (χ1) is 11.2. The van der Waals surface area contributed by atoms with E-state index in [9.17, 15) is 0 Å². The molecule has 2 aromatic heterocycles. The second kappa shape index (κ2) is 6.83. The fourth-order valence-electron chi connectivity index (χ4n) is 2.21. The maximum Gasteiger partial charge on any atom is 0.249 e. The van der Waals surface area contributed by atoms with Crippen molar-refractivity contribution in [2.24, 2.45) is 0 Å². The zero-order valence-electron chi connectivity index (χ0n) is 13.1. The van der Waals surface area contributed by atoms with Crippen LogP contribution >= 0.6 is 0 Å². The van der Waals surface area contributed by atoms with Gasteiger partial charge in [0.1, 0.15) is 0 Å². The molecule has 0 aliphatic carbocycles. The van der Waals surface area contributed by atoms with E-state index >= 15 is 0 Å². The lowest BCUT2D eigenvalue weighted by Gasteiger charge is -2.10. The largest absolute Gasteiger partial charge is 0.365 e. The number of aromatic nitrogens is 4. The van der Waals surface area contributed by atoms with Gasteiger partial charge < -0.3 is 10.6 Å². The maximum absolute atomic E-state index is 4.44. The van der Waals surface area contributed by atoms with Gasteiger partial charge in [-0.25, -0.2) is 0 Å². The molecule has 0 saturated heterocycles. The fourth-order valence-corrected chi connectivity index (χ4v) is 2.21. The summed E-state index contributed by atoms with van der Waals surface area (Å²) in [5, 5.41) is 14.5. The Morgan fingerprint density at radius 3 is 2.65 bits per heavy atom. The molecule has 6 nitrogen and oxygen atoms in total. The van der Waals surface area contributed by atoms with Gasteiger partial charge in [0.15, 0.2) is 5.82 Å². The summed E-state index contributed by atoms with van der Waals surface area (Å²) >= 11 is 0. The normalized spacial score (nSPS) is 10.3. The van der Waals surface area contributed by atoms with E-state index in [-0.39, 0.29) is 0 Å². The molecule has 3 rings (SSSR count). The number of nitrogens with one attached hydrogen (secondary N) is 2. The number of aryl methyl sites for hydroxylation is 2. The van der Waals surface area contributed by atoms with Crippen molar-refractivity contribution in [2.75, 3.05) is 10.6 Å². The molecule has 0 amide bonds. The van der Waals surface area contributed by atoms with Crippen molar-refractivity contribution in [3.05, 3.63) is 65.6 Å². The van der Waals surface area contributed by atoms with Crippen molar-refractivity contribution in [1.29, 1.82) is 0 Å². The summed E-state index contributed by atoms with van der Waals surface area (Å²) < 4.78 is 0. The third-order valence-corrected chi connectivity index (χ3v) is 3.41. The second-order valence-corrected chi connectivity index (χ2v) is 5.32. The molecule has 0 saturated carbocycles. The lowest BCUT2D eigenvalue weighted by atomic mass is 10.1. The molecule has 2 heterocycles. The molecule has 1 aromatic carbocycles. The zero-order chi connectivity index (χ0) is 16.1. The van der Waals surface area contributed by atoms with E-state index in [0.717, 1.165) is 16.8 Å². The van der Waals surface area contributed by atoms with Crippen LogP contribution in [0.15, 0.2) is 48.9 Å². The summed E-state index contributed by atoms with van der Waals surface area (Å²) in [6.45, 7) is 4.77. The van der Waals surface area contributed by atoms with Crippen LogP contribution < -0.4 is 10.6 Å². The summed E-state index contributed by atoms with van der Waals surface area (Å²) in [5.74, 6) is 1.14. The van der Waals surface area contributed by atoms with Crippen molar-refractivity contribution >= 4 is 17.5 Å². The molecule has 0 bridgehead atoms. The number of hydrogen-bond acceptors (Lipinski definition) is 6. The number of anilines is 3. The minimum atomic E-state index is 0.469. The molecule has 2 N–H and O–H groups in total. The van der Waals surface area contributed by atoms with Crippen molar-refractivity contribution in [1.82, 2.24) is 20.2 Å². The minimum absolute atomic E-state index is 0.469. The van der Waals surface area contributed by atoms with Crippen LogP contribution in [0.25, 0.3) is 0 Å². The van der Waals surface area contributed by atoms with Gasteiger partial charge in [-0.05, 0) is 43.2 Å². The van der Waals surface area contributed by atoms with Crippen LogP contribution in [0, 0.1) is 13.8 Å². The van der Waals surface area contributed by atoms with E-state index in [1.54, 1.807) is 18.6 Å². The smallest absolute Gasteiger partial charge is 0.249 e. The van der Waals surface area contributed by atoms with Gasteiger partial charge >= 0.3 is 0 Å². The molecule has 0 atom stereocenters. The first kappa shape index (κ1) is 14.9. The Bertz CT molecular complexity index is 788. The summed E-state index contributed by atoms with van der Waals surface area (Å²) in [7, 11) is 0. The molecule has 6 heteroatoms. The number of nitrogens with zero attached hydrogens (tertiary/aromatic N) is 4. The molecular formula is C17H18N6. The van der Waals surface area contributed by atoms with Crippen LogP contribution in [-0.4, -0.2) is 20.2 Å². The number of pyridine rings is 1. The molecule has 0 aliphatic heterocycles. The standard InChI is InChI=1S/C17H18N6/c1-12-3-4-15(13(2)9-12)21-17-22-16(11-20-23-17)19-10-14-5-7-18-8-6-14/h3-9,11H,10H2,1-2H3,(H2,19,21,22,23). The van der Waals surface area contributed by atoms with Gasteiger partial charge in [0, 0.05) is 24.6 Å². The molecule has 3 aromatic rings. The van der Waals surface area contributed by atoms with Crippen LogP contribution in [0.3, 0.4) is 0 Å². The van der Waals surface area contributed by atoms with Gasteiger partial charge in [-0.15, -0.1) is 5.10 Å². The average Bonchev–Trinajstić information content (AvgIpc) is 2.57. The van der Waals surface area contributed by atoms with Gasteiger partial charge in [0.25, 0.3) is 0 Å². The second-order valence-electron chi connectivity index (χ2n) is 5.32. The summed E-state index contributed by atoms with van der Waals surface area (Å²) in [6.07, 6.45) is 5.14. The quantitative estimate of drug-likeness (QED) is 0.753. The van der Waals surface area contributed by atoms with Gasteiger partial charge in [-0.2, -0.15) is 10.1 Å². The highest BCUT2D eigenvalue weighted by Crippen LogP contribution is 2.19. The minimum Gasteiger partial charge on any atom is -0.365 e. The fraction of sp³-hybridized carbons (Fsp3) is 0.176. The van der Waals surface area contributed by atoms with E-state index in [1.165, 1.54) is 5.56 Å². The predicted molar refractivity (Wildman–Crippen MR) is 90.6 cm³/mol. The third kappa shape index (κ3) is 4.00. The summed E-state index contributed by atoms with van der Waals surface area (Å²) in [5.41, 5.74) is 4.47. The van der Waals surface area contributed by atoms with Crippen LogP contribution in [0.5, 0.6) is 0 Å². The Kier molecular flexibility index (Phi) is 4.42. The van der Waals surface area contributed by atoms with Gasteiger partial charge in [-0.3, -0.25) is 4.98 Å². The van der Waals surface area contributed by atoms with Crippen LogP contribution in [0.1, 0.15) is 16.7 Å². The van der Waals surface area contributed by atoms with Crippen molar-refractivity contribution < 1.29 is 0 Å². The van der Waals surface area contributed by atoms with Crippen LogP contribution in [0.4, 0.5) is 17.5 Å². The van der Waals surface area contributed by atoms with E-state index in [4.69, 9.17) is 0 Å². The van der Waals surface area contributed by atoms with Crippen molar-refractivity contribution in [3.8, 4) is 0 Å². The van der Waals surface area contributed by atoms with Gasteiger partial charge in [-0.1, -0.05) is 17.7 Å². The Balaban J connectivity index is 1.69. The van der Waals surface area contributed by atoms with Gasteiger partial charge in [0.05, 0.1) is 6.20 Å². The lowest BCUT2D eigenvalue weighted by molar-refractivity contribution is 0.964. The third-order valence-electron chi connectivity index (χ3n) is 3.41. The maximum atomic E-state index is 4.44. The summed E-state index contributed by atoms with van der Waals surface area (Å²) in [6, 6.07) is 10.1. The molecule has 0 fully saturated rings. The molecule has 0 spiro atoms. The highest BCUT2D eigenvalue weighted by atomic mass is 15.3. The number of rotatable bonds is 5. The van der Waals surface area contributed by atoms with E-state index in [0.29, 0.717) is 18.3 Å². The number of hydrogen-bond donors (Lipinski definition) is 2. The van der Waals surface area contributed by atoms with E-state index < -0.39 is 0 Å². The lowest BCUT2D eigenvalue weighted by Crippen LogP contribution is -2.06. The SMILES string of the molecule is Cc1ccc(Nc2nncc(NCc3ccncc3)n2)c(C)c1. The average molecular weight is 306 g/mol. The molecule has 116 valence electrons. The Hall–Kier alpha value is -3.02. The Labute approximate surface area is 135 Å². The zero-order valence-corrected chi connectivity index (χ0v) is 13.1. The van der Waals surface area contributed by atoms with Crippen LogP contribution in [0.2, 0.25) is 0 Å². The topological polar surface area (TPSA) is 75.6 Å². The molecule has 0 aliphatic rings. The van der Waals surface area contributed by atoms with Crippen LogP contribution in [-0.2, 0) is 6.54 Å². The highest BCUT2D eigenvalue weighted by Gasteiger charge is 2.04.